The second-order valence-electron chi connectivity index (χ2n) is 8.21. The minimum Gasteiger partial charge on any atom is -0.478 e. The van der Waals surface area contributed by atoms with Gasteiger partial charge in [0.15, 0.2) is 15.0 Å². The zero-order valence-corrected chi connectivity index (χ0v) is 21.8. The number of hydrogen-bond acceptors (Lipinski definition) is 9. The Hall–Kier alpha value is -3.84. The van der Waals surface area contributed by atoms with Crippen molar-refractivity contribution in [1.29, 1.82) is 0 Å². The quantitative estimate of drug-likeness (QED) is 0.229. The van der Waals surface area contributed by atoms with E-state index in [0.29, 0.717) is 26.9 Å². The van der Waals surface area contributed by atoms with Crippen LogP contribution in [0.25, 0.3) is 10.2 Å². The number of amides is 1. The number of carbonyl (C=O) groups excluding carboxylic acids is 1. The van der Waals surface area contributed by atoms with Gasteiger partial charge in [0.1, 0.15) is 5.75 Å². The highest BCUT2D eigenvalue weighted by molar-refractivity contribution is 7.91. The highest BCUT2D eigenvalue weighted by Crippen LogP contribution is 2.31. The van der Waals surface area contributed by atoms with Gasteiger partial charge >= 0.3 is 5.97 Å². The third-order valence-corrected chi connectivity index (χ3v) is 8.48. The number of anilines is 1. The number of thiazole rings is 1. The topological polar surface area (TPSA) is 163 Å². The molecule has 4 N–H and O–H groups in total. The SMILES string of the molecule is CCS(=O)(=O)c1ccc(C(Oc2ccc(C(=O)O)cc2)C(=O)Nc2nc3cc(CO)c(CO)cc3s2)cc1. The van der Waals surface area contributed by atoms with E-state index in [4.69, 9.17) is 9.84 Å². The molecular weight excluding hydrogens is 532 g/mol. The van der Waals surface area contributed by atoms with Crippen molar-refractivity contribution in [3.63, 3.8) is 0 Å². The monoisotopic (exact) mass is 556 g/mol. The van der Waals surface area contributed by atoms with Crippen LogP contribution < -0.4 is 10.1 Å². The molecular formula is C26H24N2O8S2. The summed E-state index contributed by atoms with van der Waals surface area (Å²) in [5.41, 5.74) is 2.02. The van der Waals surface area contributed by atoms with Gasteiger partial charge in [-0.3, -0.25) is 10.1 Å². The maximum atomic E-state index is 13.4. The standard InChI is InChI=1S/C26H24N2O8S2/c1-2-38(34,35)20-9-5-15(6-10-20)23(36-19-7-3-16(4-8-19)25(32)33)24(31)28-26-27-21-11-17(13-29)18(14-30)12-22(21)37-26/h3-12,23,29-30H,2,13-14H2,1H3,(H,32,33)(H,27,28,31). The smallest absolute Gasteiger partial charge is 0.335 e. The Morgan fingerprint density at radius 2 is 1.63 bits per heavy atom. The van der Waals surface area contributed by atoms with Crippen LogP contribution in [-0.2, 0) is 27.8 Å². The third kappa shape index (κ3) is 5.83. The summed E-state index contributed by atoms with van der Waals surface area (Å²) in [6.07, 6.45) is -1.22. The van der Waals surface area contributed by atoms with Crippen LogP contribution in [0.3, 0.4) is 0 Å². The van der Waals surface area contributed by atoms with Gasteiger partial charge in [0, 0.05) is 5.56 Å². The Kier molecular flexibility index (Phi) is 8.07. The van der Waals surface area contributed by atoms with Crippen LogP contribution in [0, 0.1) is 0 Å². The predicted octanol–water partition coefficient (Wildman–Crippen LogP) is 3.53. The number of fused-ring (bicyclic) bond motifs is 1. The first-order valence-corrected chi connectivity index (χ1v) is 13.9. The van der Waals surface area contributed by atoms with E-state index in [0.717, 1.165) is 0 Å². The number of carboxylic acids is 1. The maximum absolute atomic E-state index is 13.4. The molecule has 3 aromatic carbocycles. The maximum Gasteiger partial charge on any atom is 0.335 e. The van der Waals surface area contributed by atoms with Crippen molar-refractivity contribution in [2.24, 2.45) is 0 Å². The number of carboxylic acid groups (broad SMARTS) is 1. The van der Waals surface area contributed by atoms with Crippen LogP contribution >= 0.6 is 11.3 Å². The number of benzene rings is 3. The molecule has 4 rings (SSSR count). The van der Waals surface area contributed by atoms with Crippen molar-refractivity contribution in [3.8, 4) is 5.75 Å². The van der Waals surface area contributed by atoms with Crippen LogP contribution in [0.5, 0.6) is 5.75 Å². The number of aliphatic hydroxyl groups excluding tert-OH is 2. The molecule has 1 heterocycles. The summed E-state index contributed by atoms with van der Waals surface area (Å²) in [7, 11) is -3.45. The molecule has 0 saturated heterocycles. The van der Waals surface area contributed by atoms with Gasteiger partial charge in [0.2, 0.25) is 6.10 Å². The number of aromatic nitrogens is 1. The summed E-state index contributed by atoms with van der Waals surface area (Å²) in [5, 5.41) is 31.2. The summed E-state index contributed by atoms with van der Waals surface area (Å²) in [5.74, 6) is -1.55. The number of sulfone groups is 1. The van der Waals surface area contributed by atoms with Crippen molar-refractivity contribution < 1.29 is 38.1 Å². The Bertz CT molecular complexity index is 1540. The van der Waals surface area contributed by atoms with E-state index in [2.05, 4.69) is 10.3 Å². The van der Waals surface area contributed by atoms with Crippen LogP contribution in [0.1, 0.15) is 40.1 Å². The molecule has 0 saturated carbocycles. The van der Waals surface area contributed by atoms with E-state index in [1.807, 2.05) is 0 Å². The molecule has 0 aliphatic carbocycles. The van der Waals surface area contributed by atoms with Crippen molar-refractivity contribution >= 4 is 48.4 Å². The van der Waals surface area contributed by atoms with Crippen LogP contribution in [-0.4, -0.2) is 46.4 Å². The average Bonchev–Trinajstić information content (AvgIpc) is 3.31. The second-order valence-corrected chi connectivity index (χ2v) is 11.5. The summed E-state index contributed by atoms with van der Waals surface area (Å²) >= 11 is 1.17. The number of rotatable bonds is 10. The minimum atomic E-state index is -3.45. The Balaban J connectivity index is 1.66. The van der Waals surface area contributed by atoms with Crippen LogP contribution in [0.4, 0.5) is 5.13 Å². The zero-order valence-electron chi connectivity index (χ0n) is 20.1. The van der Waals surface area contributed by atoms with E-state index in [1.54, 1.807) is 12.1 Å². The van der Waals surface area contributed by atoms with Gasteiger partial charge < -0.3 is 20.1 Å². The zero-order chi connectivity index (χ0) is 27.4. The van der Waals surface area contributed by atoms with Gasteiger partial charge in [-0.2, -0.15) is 0 Å². The molecule has 0 radical (unpaired) electrons. The lowest BCUT2D eigenvalue weighted by molar-refractivity contribution is -0.123. The Morgan fingerprint density at radius 1 is 1.00 bits per heavy atom. The number of nitrogens with one attached hydrogen (secondary N) is 1. The Morgan fingerprint density at radius 3 is 2.21 bits per heavy atom. The lowest BCUT2D eigenvalue weighted by atomic mass is 10.1. The van der Waals surface area contributed by atoms with Crippen molar-refractivity contribution in [3.05, 3.63) is 82.9 Å². The molecule has 1 unspecified atom stereocenters. The number of carbonyl (C=O) groups is 2. The van der Waals surface area contributed by atoms with Gasteiger partial charge in [-0.05, 0) is 59.7 Å². The summed E-state index contributed by atoms with van der Waals surface area (Å²) in [6, 6.07) is 14.6. The molecule has 1 amide bonds. The minimum absolute atomic E-state index is 0.0476. The fourth-order valence-corrected chi connectivity index (χ4v) is 5.48. The molecule has 12 heteroatoms. The first kappa shape index (κ1) is 27.2. The van der Waals surface area contributed by atoms with E-state index >= 15 is 0 Å². The Labute approximate surface area is 222 Å². The molecule has 0 aliphatic heterocycles. The predicted molar refractivity (Wildman–Crippen MR) is 141 cm³/mol. The first-order valence-electron chi connectivity index (χ1n) is 11.4. The molecule has 0 aliphatic rings. The van der Waals surface area contributed by atoms with E-state index in [-0.39, 0.29) is 40.3 Å². The largest absolute Gasteiger partial charge is 0.478 e. The molecule has 0 bridgehead atoms. The highest BCUT2D eigenvalue weighted by atomic mass is 32.2. The lowest BCUT2D eigenvalue weighted by Gasteiger charge is -2.19. The van der Waals surface area contributed by atoms with E-state index < -0.39 is 27.8 Å². The summed E-state index contributed by atoms with van der Waals surface area (Å²) in [4.78, 5) is 29.1. The highest BCUT2D eigenvalue weighted by Gasteiger charge is 2.25. The molecule has 38 heavy (non-hydrogen) atoms. The first-order chi connectivity index (χ1) is 18.1. The number of aliphatic hydroxyl groups is 2. The van der Waals surface area contributed by atoms with Gasteiger partial charge in [-0.25, -0.2) is 18.2 Å². The molecule has 10 nitrogen and oxygen atoms in total. The molecule has 198 valence electrons. The normalized spacial score (nSPS) is 12.3. The fraction of sp³-hybridized carbons (Fsp3) is 0.192. The van der Waals surface area contributed by atoms with E-state index in [1.165, 1.54) is 66.8 Å². The average molecular weight is 557 g/mol. The second kappa shape index (κ2) is 11.3. The molecule has 0 spiro atoms. The van der Waals surface area contributed by atoms with Crippen molar-refractivity contribution in [2.45, 2.75) is 31.1 Å². The number of hydrogen-bond donors (Lipinski definition) is 4. The fourth-order valence-electron chi connectivity index (χ4n) is 3.68. The lowest BCUT2D eigenvalue weighted by Crippen LogP contribution is -2.25. The van der Waals surface area contributed by atoms with Crippen molar-refractivity contribution in [1.82, 2.24) is 4.98 Å². The van der Waals surface area contributed by atoms with E-state index in [9.17, 15) is 28.2 Å². The summed E-state index contributed by atoms with van der Waals surface area (Å²) in [6.45, 7) is 1.01. The number of nitrogens with zero attached hydrogens (tertiary/aromatic N) is 1. The number of aromatic carboxylic acids is 1. The summed E-state index contributed by atoms with van der Waals surface area (Å²) < 4.78 is 31.0. The van der Waals surface area contributed by atoms with Gasteiger partial charge in [-0.1, -0.05) is 30.4 Å². The van der Waals surface area contributed by atoms with Gasteiger partial charge in [0.05, 0.1) is 39.6 Å². The molecule has 0 fully saturated rings. The van der Waals surface area contributed by atoms with Crippen LogP contribution in [0.2, 0.25) is 0 Å². The van der Waals surface area contributed by atoms with Gasteiger partial charge in [-0.15, -0.1) is 0 Å². The molecule has 4 aromatic rings. The van der Waals surface area contributed by atoms with Crippen LogP contribution in [0.15, 0.2) is 65.6 Å². The van der Waals surface area contributed by atoms with Crippen molar-refractivity contribution in [2.75, 3.05) is 11.1 Å². The molecule has 1 atom stereocenters. The molecule has 1 aromatic heterocycles. The number of ether oxygens (including phenoxy) is 1. The van der Waals surface area contributed by atoms with Gasteiger partial charge in [0.25, 0.3) is 5.91 Å². The third-order valence-electron chi connectivity index (χ3n) is 5.80.